The number of para-hydroxylation sites is 1. The Morgan fingerprint density at radius 1 is 0.406 bits per heavy atom. The number of halogens is 20. The Kier molecular flexibility index (Phi) is 14.5. The van der Waals surface area contributed by atoms with Gasteiger partial charge in [0.2, 0.25) is 17.8 Å². The van der Waals surface area contributed by atoms with Crippen LogP contribution in [-0.2, 0) is 11.3 Å². The lowest BCUT2D eigenvalue weighted by Crippen LogP contribution is -2.81. The number of fused-ring (bicyclic) bond motifs is 1. The van der Waals surface area contributed by atoms with E-state index in [1.165, 1.54) is 0 Å². The number of thiol groups is 1. The molecule has 69 heavy (non-hydrogen) atoms. The van der Waals surface area contributed by atoms with Crippen LogP contribution in [0.5, 0.6) is 0 Å². The molecule has 0 unspecified atom stereocenters. The summed E-state index contributed by atoms with van der Waals surface area (Å²) in [5.41, 5.74) is -12.6. The average Bonchev–Trinajstić information content (AvgIpc) is 3.34. The van der Waals surface area contributed by atoms with Crippen LogP contribution in [0.25, 0.3) is 10.9 Å². The molecule has 0 fully saturated rings. The number of ketones is 1. The summed E-state index contributed by atoms with van der Waals surface area (Å²) in [6.07, 6.45) is -7.22. The Balaban J connectivity index is 0.000000273. The van der Waals surface area contributed by atoms with E-state index < -0.39 is 150 Å². The number of pyridine rings is 1. The summed E-state index contributed by atoms with van der Waals surface area (Å²) >= 11 is 3.93. The minimum Gasteiger partial charge on any atom is -0.447 e. The van der Waals surface area contributed by atoms with E-state index in [1.807, 2.05) is 48.5 Å². The standard InChI is InChI=1S/C24BF20.C19H15NO3S/c26-5-1(6(27)14(35)21(42)13(5)34)25(2-7(28)15(36)22(43)16(37)8(2)29,3-9(30)17(38)23(44)18(39)10(3)31)4-11(32)19(40)24(45)20(41)12(4)33;21-18(15-7-2-1-3-8-15)12-20-16-9-5-4-6-14(16)10-11-17(20)19(22)23-13-24/h;1-11H,12-13H2/q-1;/p+1. The van der Waals surface area contributed by atoms with Gasteiger partial charge >= 0.3 is 5.97 Å². The maximum atomic E-state index is 15.4. The lowest BCUT2D eigenvalue weighted by atomic mass is 9.12. The fourth-order valence-electron chi connectivity index (χ4n) is 7.48. The molecule has 26 heteroatoms. The van der Waals surface area contributed by atoms with Crippen molar-refractivity contribution in [1.82, 2.24) is 0 Å². The molecule has 360 valence electrons. The van der Waals surface area contributed by atoms with Gasteiger partial charge in [-0.2, -0.15) is 4.57 Å². The zero-order chi connectivity index (χ0) is 51.3. The number of benzene rings is 6. The predicted molar refractivity (Wildman–Crippen MR) is 203 cm³/mol. The molecule has 0 saturated carbocycles. The van der Waals surface area contributed by atoms with Gasteiger partial charge < -0.3 is 4.74 Å². The molecule has 0 aliphatic heterocycles. The highest BCUT2D eigenvalue weighted by Gasteiger charge is 2.52. The molecule has 0 bridgehead atoms. The molecule has 0 aliphatic rings. The van der Waals surface area contributed by atoms with Crippen LogP contribution in [-0.4, -0.2) is 23.8 Å². The van der Waals surface area contributed by atoms with Gasteiger partial charge in [0.05, 0.1) is 0 Å². The molecule has 7 rings (SSSR count). The first-order chi connectivity index (χ1) is 32.4. The van der Waals surface area contributed by atoms with Crippen molar-refractivity contribution in [2.75, 3.05) is 5.94 Å². The average molecular weight is 1020 g/mol. The first kappa shape index (κ1) is 51.3. The second-order valence-corrected chi connectivity index (χ2v) is 14.3. The fraction of sp³-hybridized carbons (Fsp3) is 0.0465. The lowest BCUT2D eigenvalue weighted by Gasteiger charge is -2.44. The Bertz CT molecular complexity index is 2890. The van der Waals surface area contributed by atoms with E-state index in [9.17, 15) is 62.3 Å². The lowest BCUT2D eigenvalue weighted by molar-refractivity contribution is -0.659. The third-order valence-corrected chi connectivity index (χ3v) is 10.6. The molecule has 0 amide bonds. The van der Waals surface area contributed by atoms with E-state index in [0.29, 0.717) is 11.3 Å². The zero-order valence-electron chi connectivity index (χ0n) is 33.0. The maximum absolute atomic E-state index is 15.4. The highest BCUT2D eigenvalue weighted by molar-refractivity contribution is 7.80. The second-order valence-electron chi connectivity index (χ2n) is 14.0. The van der Waals surface area contributed by atoms with Gasteiger partial charge in [0.1, 0.15) is 58.6 Å². The number of carbonyl (C=O) groups excluding carboxylic acids is 2. The van der Waals surface area contributed by atoms with Crippen molar-refractivity contribution in [2.24, 2.45) is 0 Å². The van der Waals surface area contributed by atoms with Gasteiger partial charge in [-0.3, -0.25) is 4.79 Å². The van der Waals surface area contributed by atoms with Crippen molar-refractivity contribution in [3.05, 3.63) is 194 Å². The Morgan fingerprint density at radius 2 is 0.710 bits per heavy atom. The van der Waals surface area contributed by atoms with Gasteiger partial charge in [0, 0.05) is 23.1 Å². The molecule has 0 atom stereocenters. The van der Waals surface area contributed by atoms with Crippen LogP contribution in [0.4, 0.5) is 87.8 Å². The number of rotatable bonds is 9. The molecule has 0 aliphatic carbocycles. The topological polar surface area (TPSA) is 47.2 Å². The van der Waals surface area contributed by atoms with Gasteiger partial charge in [-0.1, -0.05) is 42.5 Å². The van der Waals surface area contributed by atoms with Crippen molar-refractivity contribution in [3.8, 4) is 0 Å². The highest BCUT2D eigenvalue weighted by atomic mass is 32.1. The molecule has 7 aromatic rings. The van der Waals surface area contributed by atoms with Crippen LogP contribution < -0.4 is 26.4 Å². The van der Waals surface area contributed by atoms with Gasteiger partial charge in [0.25, 0.3) is 5.69 Å². The van der Waals surface area contributed by atoms with Crippen LogP contribution in [0.1, 0.15) is 20.8 Å². The normalized spacial score (nSPS) is 11.5. The summed E-state index contributed by atoms with van der Waals surface area (Å²) in [6, 6.07) is 20.1. The third kappa shape index (κ3) is 8.26. The molecule has 4 nitrogen and oxygen atoms in total. The van der Waals surface area contributed by atoms with Crippen molar-refractivity contribution >= 4 is 63.3 Å². The van der Waals surface area contributed by atoms with Crippen LogP contribution in [0.15, 0.2) is 66.7 Å². The number of hydrogen-bond donors (Lipinski definition) is 1. The Morgan fingerprint density at radius 3 is 1.04 bits per heavy atom. The molecular weight excluding hydrogens is 1000 g/mol. The molecule has 1 heterocycles. The largest absolute Gasteiger partial charge is 0.447 e. The number of aromatic nitrogens is 1. The van der Waals surface area contributed by atoms with Crippen molar-refractivity contribution in [3.63, 3.8) is 0 Å². The zero-order valence-corrected chi connectivity index (χ0v) is 33.9. The third-order valence-electron chi connectivity index (χ3n) is 10.4. The quantitative estimate of drug-likeness (QED) is 0.0181. The summed E-state index contributed by atoms with van der Waals surface area (Å²) in [6.45, 7) is 0.0579. The number of esters is 1. The summed E-state index contributed by atoms with van der Waals surface area (Å²) in [7, 11) is 0. The first-order valence-corrected chi connectivity index (χ1v) is 19.0. The molecule has 0 N–H and O–H groups in total. The summed E-state index contributed by atoms with van der Waals surface area (Å²) in [5.74, 6) is -72.0. The number of nitrogens with zero attached hydrogens (tertiary/aromatic N) is 1. The van der Waals surface area contributed by atoms with Gasteiger partial charge in [-0.25, -0.2) is 92.6 Å². The molecule has 0 spiro atoms. The van der Waals surface area contributed by atoms with E-state index in [1.54, 1.807) is 22.8 Å². The number of Topliss-reactive ketones (excluding diaryl/α,β-unsaturated/α-hetero) is 1. The Labute approximate surface area is 376 Å². The molecule has 0 saturated heterocycles. The molecular formula is C43H16BF20NO3S. The minimum atomic E-state index is -7.22. The fourth-order valence-corrected chi connectivity index (χ4v) is 7.59. The number of carbonyl (C=O) groups is 2. The summed E-state index contributed by atoms with van der Waals surface area (Å²) in [4.78, 5) is 24.8. The number of hydrogen-bond acceptors (Lipinski definition) is 4. The van der Waals surface area contributed by atoms with E-state index in [2.05, 4.69) is 12.6 Å². The van der Waals surface area contributed by atoms with Crippen LogP contribution in [0.3, 0.4) is 0 Å². The Hall–Kier alpha value is -7.12. The van der Waals surface area contributed by atoms with Crippen LogP contribution >= 0.6 is 12.6 Å². The van der Waals surface area contributed by atoms with E-state index in [4.69, 9.17) is 4.74 Å². The summed E-state index contributed by atoms with van der Waals surface area (Å²) in [5, 5.41) is 0.945. The summed E-state index contributed by atoms with van der Waals surface area (Å²) < 4.78 is 301. The first-order valence-electron chi connectivity index (χ1n) is 18.4. The van der Waals surface area contributed by atoms with Crippen LogP contribution in [0, 0.1) is 116 Å². The van der Waals surface area contributed by atoms with Crippen molar-refractivity contribution in [1.29, 1.82) is 0 Å². The molecule has 0 radical (unpaired) electrons. The van der Waals surface area contributed by atoms with Crippen molar-refractivity contribution in [2.45, 2.75) is 6.54 Å². The van der Waals surface area contributed by atoms with E-state index in [-0.39, 0.29) is 18.3 Å². The van der Waals surface area contributed by atoms with E-state index in [0.717, 1.165) is 10.9 Å². The maximum Gasteiger partial charge on any atom is 0.404 e. The SMILES string of the molecule is Fc1c(F)c(F)c([B-](c2c(F)c(F)c(F)c(F)c2F)(c2c(F)c(F)c(F)c(F)c2F)c2c(F)c(F)c(F)c(F)c2F)c(F)c1F.O=C(C[n+]1c(C(=O)OCS)ccc2ccccc21)c1ccccc1. The molecule has 6 aromatic carbocycles. The monoisotopic (exact) mass is 1020 g/mol. The van der Waals surface area contributed by atoms with E-state index >= 15 is 35.1 Å². The van der Waals surface area contributed by atoms with Gasteiger partial charge in [-0.15, -0.1) is 34.5 Å². The smallest absolute Gasteiger partial charge is 0.404 e. The molecule has 1 aromatic heterocycles. The van der Waals surface area contributed by atoms with Gasteiger partial charge in [0.15, 0.2) is 69.8 Å². The predicted octanol–water partition coefficient (Wildman–Crippen LogP) is 8.90. The van der Waals surface area contributed by atoms with Crippen molar-refractivity contribution < 1.29 is 107 Å². The number of ether oxygens (including phenoxy) is 1. The van der Waals surface area contributed by atoms with Gasteiger partial charge in [-0.05, 0) is 12.1 Å². The minimum absolute atomic E-state index is 0.0156. The van der Waals surface area contributed by atoms with Crippen LogP contribution in [0.2, 0.25) is 0 Å². The second kappa shape index (κ2) is 19.5. The highest BCUT2D eigenvalue weighted by Crippen LogP contribution is 2.31.